The minimum atomic E-state index is -0.568. The minimum absolute atomic E-state index is 0.0684. The van der Waals surface area contributed by atoms with Crippen LogP contribution in [-0.4, -0.2) is 78.0 Å². The molecule has 3 aromatic rings. The van der Waals surface area contributed by atoms with Gasteiger partial charge in [0.05, 0.1) is 31.6 Å². The predicted octanol–water partition coefficient (Wildman–Crippen LogP) is 5.08. The Morgan fingerprint density at radius 1 is 1.15 bits per heavy atom. The zero-order valence-corrected chi connectivity index (χ0v) is 24.4. The minimum Gasteiger partial charge on any atom is -0.383 e. The van der Waals surface area contributed by atoms with Crippen molar-refractivity contribution in [2.24, 2.45) is 11.1 Å². The summed E-state index contributed by atoms with van der Waals surface area (Å²) in [5, 5.41) is 0. The summed E-state index contributed by atoms with van der Waals surface area (Å²) in [6, 6.07) is 12.3. The topological polar surface area (TPSA) is 85.8 Å². The summed E-state index contributed by atoms with van der Waals surface area (Å²) < 4.78 is 41.9. The van der Waals surface area contributed by atoms with Crippen LogP contribution < -0.4 is 5.73 Å². The highest BCUT2D eigenvalue weighted by Crippen LogP contribution is 2.40. The van der Waals surface area contributed by atoms with E-state index < -0.39 is 23.1 Å². The normalized spacial score (nSPS) is 15.5. The molecule has 2 heterocycles. The first-order valence-corrected chi connectivity index (χ1v) is 14.0. The maximum atomic E-state index is 14.9. The number of morpholine rings is 1. The molecular formula is C31H41F2N5O3. The molecule has 1 aliphatic heterocycles. The van der Waals surface area contributed by atoms with Crippen LogP contribution in [0.25, 0.3) is 11.3 Å². The summed E-state index contributed by atoms with van der Waals surface area (Å²) in [4.78, 5) is 22.7. The Kier molecular flexibility index (Phi) is 10.1. The van der Waals surface area contributed by atoms with Gasteiger partial charge < -0.3 is 29.6 Å². The summed E-state index contributed by atoms with van der Waals surface area (Å²) >= 11 is 0. The molecule has 0 saturated carbocycles. The fourth-order valence-corrected chi connectivity index (χ4v) is 5.25. The van der Waals surface area contributed by atoms with Crippen molar-refractivity contribution in [3.63, 3.8) is 0 Å². The quantitative estimate of drug-likeness (QED) is 0.368. The molecule has 1 fully saturated rings. The number of halogens is 2. The lowest BCUT2D eigenvalue weighted by Crippen LogP contribution is -2.52. The van der Waals surface area contributed by atoms with Crippen LogP contribution in [0.4, 0.5) is 13.6 Å². The second-order valence-corrected chi connectivity index (χ2v) is 11.6. The van der Waals surface area contributed by atoms with Crippen molar-refractivity contribution in [2.45, 2.75) is 45.8 Å². The summed E-state index contributed by atoms with van der Waals surface area (Å²) in [5.74, 6) is -0.535. The zero-order valence-electron chi connectivity index (χ0n) is 24.4. The predicted molar refractivity (Wildman–Crippen MR) is 154 cm³/mol. The van der Waals surface area contributed by atoms with Crippen molar-refractivity contribution in [3.05, 3.63) is 77.8 Å². The average Bonchev–Trinajstić information content (AvgIpc) is 3.34. The number of hydrogen-bond acceptors (Lipinski definition) is 5. The molecule has 2 N–H and O–H groups in total. The van der Waals surface area contributed by atoms with Crippen molar-refractivity contribution in [1.82, 2.24) is 19.4 Å². The number of carbonyl (C=O) groups is 1. The van der Waals surface area contributed by atoms with E-state index >= 15 is 0 Å². The van der Waals surface area contributed by atoms with Crippen LogP contribution in [0, 0.1) is 17.0 Å². The lowest BCUT2D eigenvalue weighted by Gasteiger charge is -2.43. The number of imidazole rings is 1. The van der Waals surface area contributed by atoms with Crippen molar-refractivity contribution >= 4 is 6.03 Å². The highest BCUT2D eigenvalue weighted by Gasteiger charge is 2.40. The van der Waals surface area contributed by atoms with Gasteiger partial charge in [0.25, 0.3) is 0 Å². The molecule has 2 amide bonds. The van der Waals surface area contributed by atoms with E-state index in [1.54, 1.807) is 18.2 Å². The molecule has 0 unspecified atom stereocenters. The smallest absolute Gasteiger partial charge is 0.320 e. The molecule has 2 aromatic carbocycles. The number of amides is 2. The van der Waals surface area contributed by atoms with Crippen LogP contribution in [0.3, 0.4) is 0 Å². The zero-order chi connectivity index (χ0) is 29.6. The first-order chi connectivity index (χ1) is 19.6. The van der Waals surface area contributed by atoms with Gasteiger partial charge in [-0.05, 0) is 35.6 Å². The summed E-state index contributed by atoms with van der Waals surface area (Å²) in [6.45, 7) is 9.22. The van der Waals surface area contributed by atoms with Crippen LogP contribution in [0.15, 0.2) is 54.7 Å². The molecular weight excluding hydrogens is 528 g/mol. The Morgan fingerprint density at radius 2 is 1.85 bits per heavy atom. The number of methoxy groups -OCH3 is 1. The number of benzene rings is 2. The highest BCUT2D eigenvalue weighted by atomic mass is 19.1. The number of hydrogen-bond donors (Lipinski definition) is 1. The van der Waals surface area contributed by atoms with Gasteiger partial charge in [-0.3, -0.25) is 0 Å². The van der Waals surface area contributed by atoms with Crippen molar-refractivity contribution in [2.75, 3.05) is 46.6 Å². The van der Waals surface area contributed by atoms with Gasteiger partial charge >= 0.3 is 6.03 Å². The number of rotatable bonds is 10. The average molecular weight is 570 g/mol. The first-order valence-electron chi connectivity index (χ1n) is 14.0. The molecule has 1 saturated heterocycles. The Morgan fingerprint density at radius 3 is 2.51 bits per heavy atom. The van der Waals surface area contributed by atoms with E-state index in [0.29, 0.717) is 63.9 Å². The highest BCUT2D eigenvalue weighted by molar-refractivity contribution is 5.75. The van der Waals surface area contributed by atoms with Gasteiger partial charge in [-0.2, -0.15) is 0 Å². The van der Waals surface area contributed by atoms with E-state index in [-0.39, 0.29) is 17.6 Å². The fourth-order valence-electron chi connectivity index (χ4n) is 5.25. The fraction of sp³-hybridized carbons (Fsp3) is 0.484. The van der Waals surface area contributed by atoms with E-state index in [1.807, 2.05) is 39.8 Å². The van der Waals surface area contributed by atoms with Gasteiger partial charge in [-0.1, -0.05) is 51.1 Å². The van der Waals surface area contributed by atoms with E-state index in [1.165, 1.54) is 0 Å². The lowest BCUT2D eigenvalue weighted by molar-refractivity contribution is 0.0272. The van der Waals surface area contributed by atoms with Crippen molar-refractivity contribution in [3.8, 4) is 11.3 Å². The number of nitrogens with two attached hydrogens (primary N) is 1. The molecule has 8 nitrogen and oxygen atoms in total. The molecule has 10 heteroatoms. The Balaban J connectivity index is 1.84. The number of nitrogens with zero attached hydrogens (tertiary/aromatic N) is 4. The molecule has 2 atom stereocenters. The molecule has 0 spiro atoms. The van der Waals surface area contributed by atoms with Crippen LogP contribution >= 0.6 is 0 Å². The maximum absolute atomic E-state index is 14.9. The van der Waals surface area contributed by atoms with Crippen LogP contribution in [0.2, 0.25) is 0 Å². The number of carbonyl (C=O) groups excluding carboxylic acids is 1. The summed E-state index contributed by atoms with van der Waals surface area (Å²) in [7, 11) is 1.60. The van der Waals surface area contributed by atoms with Crippen LogP contribution in [0.5, 0.6) is 0 Å². The van der Waals surface area contributed by atoms with Gasteiger partial charge in [-0.15, -0.1) is 0 Å². The largest absolute Gasteiger partial charge is 0.383 e. The summed E-state index contributed by atoms with van der Waals surface area (Å²) in [5.41, 5.74) is 7.21. The SMILES string of the molecule is COC[C@@H](N)CCN(C(=O)N1CCOCC1)[C@@H](c1nc(-c2cc(F)ccc2F)cn1Cc1ccccc1)C(C)(C)C. The molecule has 0 aliphatic carbocycles. The first kappa shape index (κ1) is 30.6. The van der Waals surface area contributed by atoms with Crippen molar-refractivity contribution in [1.29, 1.82) is 0 Å². The van der Waals surface area contributed by atoms with E-state index in [2.05, 4.69) is 20.8 Å². The molecule has 41 heavy (non-hydrogen) atoms. The van der Waals surface area contributed by atoms with E-state index in [0.717, 1.165) is 23.8 Å². The third kappa shape index (κ3) is 7.69. The molecule has 1 aromatic heterocycles. The van der Waals surface area contributed by atoms with E-state index in [4.69, 9.17) is 20.2 Å². The Bertz CT molecular complexity index is 1290. The molecule has 0 bridgehead atoms. The second-order valence-electron chi connectivity index (χ2n) is 11.6. The third-order valence-corrected chi connectivity index (χ3v) is 7.23. The van der Waals surface area contributed by atoms with Gasteiger partial charge in [0.2, 0.25) is 0 Å². The van der Waals surface area contributed by atoms with Crippen LogP contribution in [0.1, 0.15) is 44.6 Å². The molecule has 4 rings (SSSR count). The Hall–Kier alpha value is -3.34. The Labute approximate surface area is 241 Å². The third-order valence-electron chi connectivity index (χ3n) is 7.23. The van der Waals surface area contributed by atoms with Gasteiger partial charge in [0.15, 0.2) is 0 Å². The van der Waals surface area contributed by atoms with Crippen molar-refractivity contribution < 1.29 is 23.0 Å². The van der Waals surface area contributed by atoms with E-state index in [9.17, 15) is 13.6 Å². The van der Waals surface area contributed by atoms with Gasteiger partial charge in [0, 0.05) is 51.1 Å². The monoisotopic (exact) mass is 569 g/mol. The van der Waals surface area contributed by atoms with Gasteiger partial charge in [-0.25, -0.2) is 18.6 Å². The van der Waals surface area contributed by atoms with Gasteiger partial charge in [0.1, 0.15) is 17.5 Å². The maximum Gasteiger partial charge on any atom is 0.320 e. The lowest BCUT2D eigenvalue weighted by atomic mass is 9.84. The standard InChI is InChI=1S/C31H41F2N5O3/c1-31(2,3)28(38(13-12-24(34)21-40-4)30(39)36-14-16-41-17-15-36)29-35-27(25-18-23(32)10-11-26(25)33)20-37(29)19-22-8-6-5-7-9-22/h5-11,18,20,24,28H,12-17,19,21,34H2,1-4H3/t24-,28-/m0/s1. The molecule has 1 aliphatic rings. The molecule has 222 valence electrons. The summed E-state index contributed by atoms with van der Waals surface area (Å²) in [6.07, 6.45) is 2.26. The number of urea groups is 1. The molecule has 0 radical (unpaired) electrons. The number of aromatic nitrogens is 2. The van der Waals surface area contributed by atoms with Crippen LogP contribution in [-0.2, 0) is 16.0 Å². The second kappa shape index (κ2) is 13.5. The number of ether oxygens (including phenoxy) is 2.